The Morgan fingerprint density at radius 3 is 2.46 bits per heavy atom. The molecule has 0 amide bonds. The summed E-state index contributed by atoms with van der Waals surface area (Å²) >= 11 is 0. The quantitative estimate of drug-likeness (QED) is 0.136. The Bertz CT molecular complexity index is 639. The topological polar surface area (TPSA) is 29.5 Å². The molecule has 1 aliphatic carbocycles. The molecule has 0 heterocycles. The van der Waals surface area contributed by atoms with Crippen LogP contribution in [0.4, 0.5) is 0 Å². The molecular weight excluding hydrogens is 428 g/mol. The van der Waals surface area contributed by atoms with Crippen LogP contribution in [0.5, 0.6) is 0 Å². The van der Waals surface area contributed by atoms with Crippen molar-refractivity contribution in [3.63, 3.8) is 0 Å². The van der Waals surface area contributed by atoms with Crippen LogP contribution in [0.1, 0.15) is 145 Å². The average Bonchev–Trinajstić information content (AvgIpc) is 2.80. The second-order valence-corrected chi connectivity index (χ2v) is 11.9. The highest BCUT2D eigenvalue weighted by Crippen LogP contribution is 2.32. The van der Waals surface area contributed by atoms with Gasteiger partial charge >= 0.3 is 0 Å². The van der Waals surface area contributed by atoms with Crippen molar-refractivity contribution < 1.29 is 9.84 Å². The van der Waals surface area contributed by atoms with Crippen molar-refractivity contribution in [3.05, 3.63) is 34.9 Å². The van der Waals surface area contributed by atoms with Crippen molar-refractivity contribution in [1.29, 1.82) is 0 Å². The van der Waals surface area contributed by atoms with Gasteiger partial charge in [-0.15, -0.1) is 0 Å². The molecule has 0 aromatic rings. The molecule has 0 saturated heterocycles. The first-order valence-electron chi connectivity index (χ1n) is 15.1. The van der Waals surface area contributed by atoms with Gasteiger partial charge in [0.2, 0.25) is 0 Å². The lowest BCUT2D eigenvalue weighted by atomic mass is 9.83. The summed E-state index contributed by atoms with van der Waals surface area (Å²) in [6.45, 7) is 16.7. The molecule has 0 saturated carbocycles. The van der Waals surface area contributed by atoms with E-state index >= 15 is 0 Å². The van der Waals surface area contributed by atoms with E-state index in [2.05, 4.69) is 59.8 Å². The fourth-order valence-electron chi connectivity index (χ4n) is 5.16. The highest BCUT2D eigenvalue weighted by atomic mass is 16.5. The molecule has 1 rings (SSSR count). The zero-order valence-corrected chi connectivity index (χ0v) is 24.6. The Morgan fingerprint density at radius 2 is 1.74 bits per heavy atom. The van der Waals surface area contributed by atoms with Gasteiger partial charge in [-0.2, -0.15) is 0 Å². The van der Waals surface area contributed by atoms with Gasteiger partial charge in [0.1, 0.15) is 0 Å². The molecule has 0 radical (unpaired) electrons. The molecular formula is C33H60O2. The normalized spacial score (nSPS) is 21.4. The minimum atomic E-state index is -0.503. The highest BCUT2D eigenvalue weighted by Gasteiger charge is 2.26. The van der Waals surface area contributed by atoms with Crippen LogP contribution < -0.4 is 0 Å². The SMILES string of the molecule is CCCCCCOC1C(CCC(C)CCCC(C)=CCCC(C)(O)CCCCC)=CC=C(C)C1C. The summed E-state index contributed by atoms with van der Waals surface area (Å²) < 4.78 is 6.42. The van der Waals surface area contributed by atoms with E-state index in [0.29, 0.717) is 5.92 Å². The summed E-state index contributed by atoms with van der Waals surface area (Å²) in [7, 11) is 0. The standard InChI is InChI=1S/C33H60O2/c1-8-10-12-14-26-35-32-30(6)29(5)21-23-31(32)22-20-28(4)18-15-17-27(3)19-16-25-33(7,34)24-13-11-9-2/h19,21,23,28,30,32,34H,8-18,20,22,24-26H2,1-7H3. The van der Waals surface area contributed by atoms with Gasteiger partial charge in [0, 0.05) is 12.5 Å². The summed E-state index contributed by atoms with van der Waals surface area (Å²) in [6.07, 6.45) is 24.9. The van der Waals surface area contributed by atoms with E-state index in [9.17, 15) is 5.11 Å². The van der Waals surface area contributed by atoms with Crippen molar-refractivity contribution in [2.24, 2.45) is 11.8 Å². The summed E-state index contributed by atoms with van der Waals surface area (Å²) in [6, 6.07) is 0. The molecule has 0 fully saturated rings. The predicted molar refractivity (Wildman–Crippen MR) is 155 cm³/mol. The van der Waals surface area contributed by atoms with Gasteiger partial charge in [-0.25, -0.2) is 0 Å². The number of allylic oxidation sites excluding steroid dienone is 4. The lowest BCUT2D eigenvalue weighted by Crippen LogP contribution is -2.28. The van der Waals surface area contributed by atoms with Crippen LogP contribution >= 0.6 is 0 Å². The van der Waals surface area contributed by atoms with Crippen LogP contribution in [0.2, 0.25) is 0 Å². The average molecular weight is 489 g/mol. The van der Waals surface area contributed by atoms with E-state index in [1.165, 1.54) is 80.9 Å². The summed E-state index contributed by atoms with van der Waals surface area (Å²) in [4.78, 5) is 0. The predicted octanol–water partition coefficient (Wildman–Crippen LogP) is 10.1. The monoisotopic (exact) mass is 488 g/mol. The minimum absolute atomic E-state index is 0.276. The number of rotatable bonds is 20. The first-order chi connectivity index (χ1) is 16.7. The molecule has 1 N–H and O–H groups in total. The van der Waals surface area contributed by atoms with E-state index in [-0.39, 0.29) is 6.10 Å². The van der Waals surface area contributed by atoms with Gasteiger partial charge in [-0.05, 0) is 83.6 Å². The fourth-order valence-corrected chi connectivity index (χ4v) is 5.16. The second kappa shape index (κ2) is 18.4. The first-order valence-corrected chi connectivity index (χ1v) is 15.1. The van der Waals surface area contributed by atoms with Gasteiger partial charge in [-0.3, -0.25) is 0 Å². The molecule has 204 valence electrons. The maximum absolute atomic E-state index is 10.6. The molecule has 0 aromatic carbocycles. The Labute approximate surface area is 219 Å². The third kappa shape index (κ3) is 14.5. The van der Waals surface area contributed by atoms with Crippen molar-refractivity contribution in [3.8, 4) is 0 Å². The molecule has 1 aliphatic rings. The number of aliphatic hydroxyl groups is 1. The van der Waals surface area contributed by atoms with Crippen LogP contribution in [0.3, 0.4) is 0 Å². The van der Waals surface area contributed by atoms with E-state index in [4.69, 9.17) is 4.74 Å². The number of hydrogen-bond donors (Lipinski definition) is 1. The second-order valence-electron chi connectivity index (χ2n) is 11.9. The third-order valence-electron chi connectivity index (χ3n) is 8.08. The van der Waals surface area contributed by atoms with Gasteiger partial charge in [0.15, 0.2) is 0 Å². The molecule has 2 heteroatoms. The largest absolute Gasteiger partial charge is 0.390 e. The van der Waals surface area contributed by atoms with Crippen molar-refractivity contribution in [2.75, 3.05) is 6.61 Å². The van der Waals surface area contributed by atoms with Gasteiger partial charge in [0.05, 0.1) is 11.7 Å². The lowest BCUT2D eigenvalue weighted by Gasteiger charge is -2.31. The van der Waals surface area contributed by atoms with Gasteiger partial charge in [-0.1, -0.05) is 102 Å². The first kappa shape index (κ1) is 32.2. The minimum Gasteiger partial charge on any atom is -0.390 e. The van der Waals surface area contributed by atoms with Crippen molar-refractivity contribution >= 4 is 0 Å². The maximum Gasteiger partial charge on any atom is 0.0850 e. The Morgan fingerprint density at radius 1 is 1.03 bits per heavy atom. The summed E-state index contributed by atoms with van der Waals surface area (Å²) in [5, 5.41) is 10.6. The van der Waals surface area contributed by atoms with Crippen molar-refractivity contribution in [2.45, 2.75) is 156 Å². The maximum atomic E-state index is 10.6. The molecule has 0 aliphatic heterocycles. The van der Waals surface area contributed by atoms with Gasteiger partial charge < -0.3 is 9.84 Å². The van der Waals surface area contributed by atoms with Crippen LogP contribution in [0.25, 0.3) is 0 Å². The smallest absolute Gasteiger partial charge is 0.0850 e. The third-order valence-corrected chi connectivity index (χ3v) is 8.08. The number of hydrogen-bond acceptors (Lipinski definition) is 2. The summed E-state index contributed by atoms with van der Waals surface area (Å²) in [5.41, 5.74) is 3.94. The van der Waals surface area contributed by atoms with E-state index in [0.717, 1.165) is 44.6 Å². The number of unbranched alkanes of at least 4 members (excludes halogenated alkanes) is 5. The van der Waals surface area contributed by atoms with Crippen LogP contribution in [-0.2, 0) is 4.74 Å². The van der Waals surface area contributed by atoms with E-state index < -0.39 is 5.60 Å². The molecule has 4 unspecified atom stereocenters. The van der Waals surface area contributed by atoms with E-state index in [1.807, 2.05) is 6.92 Å². The van der Waals surface area contributed by atoms with Gasteiger partial charge in [0.25, 0.3) is 0 Å². The summed E-state index contributed by atoms with van der Waals surface area (Å²) in [5.74, 6) is 1.24. The zero-order chi connectivity index (χ0) is 26.1. The molecule has 0 spiro atoms. The molecule has 2 nitrogen and oxygen atoms in total. The number of ether oxygens (including phenoxy) is 1. The highest BCUT2D eigenvalue weighted by molar-refractivity contribution is 5.29. The van der Waals surface area contributed by atoms with Crippen molar-refractivity contribution in [1.82, 2.24) is 0 Å². The zero-order valence-electron chi connectivity index (χ0n) is 24.6. The van der Waals surface area contributed by atoms with Crippen LogP contribution in [0.15, 0.2) is 34.9 Å². The Balaban J connectivity index is 2.34. The molecule has 0 bridgehead atoms. The molecule has 0 aromatic heterocycles. The Kier molecular flexibility index (Phi) is 16.9. The fraction of sp³-hybridized carbons (Fsp3) is 0.818. The Hall–Kier alpha value is -0.860. The van der Waals surface area contributed by atoms with Crippen LogP contribution in [-0.4, -0.2) is 23.4 Å². The van der Waals surface area contributed by atoms with E-state index in [1.54, 1.807) is 0 Å². The molecule has 35 heavy (non-hydrogen) atoms. The molecule has 4 atom stereocenters. The lowest BCUT2D eigenvalue weighted by molar-refractivity contribution is 0.0403. The van der Waals surface area contributed by atoms with Crippen LogP contribution in [0, 0.1) is 11.8 Å².